The molecule has 0 radical (unpaired) electrons. The Bertz CT molecular complexity index is 1530. The third-order valence-electron chi connectivity index (χ3n) is 7.70. The fourth-order valence-electron chi connectivity index (χ4n) is 5.57. The second-order valence-electron chi connectivity index (χ2n) is 11.5. The number of benzene rings is 2. The van der Waals surface area contributed by atoms with Crippen LogP contribution in [-0.2, 0) is 9.59 Å². The standard InChI is InChI=1S/C32H36N4O6/c1-19-15-26-29(34-18-19)42-32(3,4)31(40)36(26)22-11-13-35(14-12-22)30(39)24-10-9-21(17-25(24)33)23-7-5-6-8-27(23)41-20(2)16-28(37)38/h5-10,15,17-18,20,22H,11-14,16,33H2,1-4H3,(H,37,38)/t20-/m1/s1. The van der Waals surface area contributed by atoms with E-state index in [9.17, 15) is 14.4 Å². The molecule has 5 rings (SSSR count). The number of ether oxygens (including phenoxy) is 2. The van der Waals surface area contributed by atoms with Crippen molar-refractivity contribution in [3.8, 4) is 22.8 Å². The average Bonchev–Trinajstić information content (AvgIpc) is 2.94. The van der Waals surface area contributed by atoms with Crippen molar-refractivity contribution >= 4 is 29.2 Å². The second-order valence-corrected chi connectivity index (χ2v) is 11.5. The van der Waals surface area contributed by atoms with E-state index in [1.165, 1.54) is 0 Å². The largest absolute Gasteiger partial charge is 0.489 e. The quantitative estimate of drug-likeness (QED) is 0.389. The van der Waals surface area contributed by atoms with Gasteiger partial charge in [-0.15, -0.1) is 0 Å². The van der Waals surface area contributed by atoms with Crippen molar-refractivity contribution in [2.24, 2.45) is 0 Å². The van der Waals surface area contributed by atoms with Gasteiger partial charge in [-0.3, -0.25) is 14.4 Å². The molecule has 0 bridgehead atoms. The van der Waals surface area contributed by atoms with Crippen LogP contribution in [0.25, 0.3) is 11.1 Å². The number of rotatable bonds is 7. The topological polar surface area (TPSA) is 135 Å². The van der Waals surface area contributed by atoms with E-state index in [0.29, 0.717) is 54.5 Å². The zero-order chi connectivity index (χ0) is 30.2. The van der Waals surface area contributed by atoms with Crippen LogP contribution >= 0.6 is 0 Å². The number of hydrogen-bond donors (Lipinski definition) is 2. The van der Waals surface area contributed by atoms with Crippen LogP contribution in [-0.4, -0.2) is 63.6 Å². The second kappa shape index (κ2) is 11.3. The van der Waals surface area contributed by atoms with Gasteiger partial charge in [-0.2, -0.15) is 0 Å². The predicted octanol–water partition coefficient (Wildman–Crippen LogP) is 4.69. The number of nitrogens with zero attached hydrogens (tertiary/aromatic N) is 3. The van der Waals surface area contributed by atoms with Crippen molar-refractivity contribution in [1.82, 2.24) is 9.88 Å². The average molecular weight is 573 g/mol. The van der Waals surface area contributed by atoms with E-state index in [1.54, 1.807) is 55.0 Å². The Balaban J connectivity index is 1.30. The summed E-state index contributed by atoms with van der Waals surface area (Å²) in [6.07, 6.45) is 2.31. The van der Waals surface area contributed by atoms with Gasteiger partial charge in [-0.1, -0.05) is 24.3 Å². The molecule has 3 N–H and O–H groups in total. The number of piperidine rings is 1. The Hall–Kier alpha value is -4.60. The van der Waals surface area contributed by atoms with Crippen LogP contribution in [0.4, 0.5) is 11.4 Å². The number of carbonyl (C=O) groups excluding carboxylic acids is 2. The van der Waals surface area contributed by atoms with Gasteiger partial charge in [0.15, 0.2) is 5.60 Å². The molecule has 2 amide bonds. The summed E-state index contributed by atoms with van der Waals surface area (Å²) in [5.74, 6) is -0.231. The number of amides is 2. The number of aromatic nitrogens is 1. The number of pyridine rings is 1. The summed E-state index contributed by atoms with van der Waals surface area (Å²) in [5, 5.41) is 9.08. The maximum absolute atomic E-state index is 13.5. The van der Waals surface area contributed by atoms with E-state index in [1.807, 2.05) is 37.3 Å². The molecule has 2 aliphatic heterocycles. The number of nitrogen functional groups attached to an aromatic ring is 1. The molecule has 0 saturated carbocycles. The van der Waals surface area contributed by atoms with Gasteiger partial charge >= 0.3 is 5.97 Å². The number of nitrogens with two attached hydrogens (primary N) is 1. The summed E-state index contributed by atoms with van der Waals surface area (Å²) in [5.41, 5.74) is 9.24. The number of carboxylic acids is 1. The van der Waals surface area contributed by atoms with Crippen LogP contribution < -0.4 is 20.1 Å². The molecule has 1 atom stereocenters. The first kappa shape index (κ1) is 28.9. The lowest BCUT2D eigenvalue weighted by Crippen LogP contribution is -2.58. The zero-order valence-corrected chi connectivity index (χ0v) is 24.3. The molecule has 220 valence electrons. The van der Waals surface area contributed by atoms with Crippen molar-refractivity contribution in [3.63, 3.8) is 0 Å². The fraction of sp³-hybridized carbons (Fsp3) is 0.375. The Kier molecular flexibility index (Phi) is 7.81. The minimum atomic E-state index is -1.03. The third-order valence-corrected chi connectivity index (χ3v) is 7.70. The van der Waals surface area contributed by atoms with Crippen molar-refractivity contribution in [3.05, 3.63) is 65.9 Å². The number of carboxylic acid groups (broad SMARTS) is 1. The van der Waals surface area contributed by atoms with Gasteiger partial charge in [0.05, 0.1) is 12.0 Å². The molecule has 0 spiro atoms. The summed E-state index contributed by atoms with van der Waals surface area (Å²) in [6, 6.07) is 14.4. The van der Waals surface area contributed by atoms with E-state index in [4.69, 9.17) is 20.3 Å². The lowest BCUT2D eigenvalue weighted by Gasteiger charge is -2.44. The lowest BCUT2D eigenvalue weighted by atomic mass is 9.96. The molecule has 2 aromatic carbocycles. The van der Waals surface area contributed by atoms with Crippen LogP contribution in [0.5, 0.6) is 11.6 Å². The van der Waals surface area contributed by atoms with E-state index in [0.717, 1.165) is 16.7 Å². The van der Waals surface area contributed by atoms with E-state index in [2.05, 4.69) is 4.98 Å². The molecule has 3 heterocycles. The highest BCUT2D eigenvalue weighted by molar-refractivity contribution is 6.03. The maximum Gasteiger partial charge on any atom is 0.307 e. The molecule has 1 aromatic heterocycles. The first-order valence-corrected chi connectivity index (χ1v) is 14.1. The minimum absolute atomic E-state index is 0.0909. The van der Waals surface area contributed by atoms with Gasteiger partial charge in [-0.25, -0.2) is 4.98 Å². The van der Waals surface area contributed by atoms with E-state index in [-0.39, 0.29) is 24.3 Å². The highest BCUT2D eigenvalue weighted by Crippen LogP contribution is 2.40. The van der Waals surface area contributed by atoms with Crippen LogP contribution in [0.1, 0.15) is 56.0 Å². The number of aryl methyl sites for hydroxylation is 1. The number of likely N-dealkylation sites (tertiary alicyclic amines) is 1. The third kappa shape index (κ3) is 5.74. The number of anilines is 2. The molecule has 10 nitrogen and oxygen atoms in total. The molecule has 2 aliphatic rings. The van der Waals surface area contributed by atoms with Crippen molar-refractivity contribution in [1.29, 1.82) is 0 Å². The minimum Gasteiger partial charge on any atom is -0.489 e. The van der Waals surface area contributed by atoms with Gasteiger partial charge in [0.25, 0.3) is 11.8 Å². The highest BCUT2D eigenvalue weighted by Gasteiger charge is 2.45. The molecule has 1 saturated heterocycles. The highest BCUT2D eigenvalue weighted by atomic mass is 16.5. The molecule has 10 heteroatoms. The molecule has 1 fully saturated rings. The van der Waals surface area contributed by atoms with Crippen LogP contribution in [0.15, 0.2) is 54.7 Å². The molecule has 42 heavy (non-hydrogen) atoms. The fourth-order valence-corrected chi connectivity index (χ4v) is 5.57. The van der Waals surface area contributed by atoms with Crippen molar-refractivity contribution < 1.29 is 29.0 Å². The number of para-hydroxylation sites is 1. The zero-order valence-electron chi connectivity index (χ0n) is 24.3. The molecule has 3 aromatic rings. The van der Waals surface area contributed by atoms with Crippen LogP contribution in [0.2, 0.25) is 0 Å². The van der Waals surface area contributed by atoms with Gasteiger partial charge in [0, 0.05) is 36.6 Å². The van der Waals surface area contributed by atoms with E-state index >= 15 is 0 Å². The van der Waals surface area contributed by atoms with E-state index < -0.39 is 17.7 Å². The maximum atomic E-state index is 13.5. The van der Waals surface area contributed by atoms with Crippen LogP contribution in [0, 0.1) is 6.92 Å². The monoisotopic (exact) mass is 572 g/mol. The van der Waals surface area contributed by atoms with Crippen molar-refractivity contribution in [2.45, 2.75) is 64.7 Å². The Labute approximate surface area is 245 Å². The lowest BCUT2D eigenvalue weighted by molar-refractivity contribution is -0.138. The number of carbonyl (C=O) groups is 3. The summed E-state index contributed by atoms with van der Waals surface area (Å²) in [7, 11) is 0. The number of fused-ring (bicyclic) bond motifs is 1. The molecule has 0 aliphatic carbocycles. The summed E-state index contributed by atoms with van der Waals surface area (Å²) in [4.78, 5) is 46.0. The smallest absolute Gasteiger partial charge is 0.307 e. The van der Waals surface area contributed by atoms with Gasteiger partial charge in [-0.05, 0) is 75.9 Å². The number of aliphatic carboxylic acids is 1. The van der Waals surface area contributed by atoms with Gasteiger partial charge in [0.1, 0.15) is 17.5 Å². The SMILES string of the molecule is Cc1cnc2c(c1)N(C1CCN(C(=O)c3ccc(-c4ccccc4O[C@H](C)CC(=O)O)cc3N)CC1)C(=O)C(C)(C)O2. The summed E-state index contributed by atoms with van der Waals surface area (Å²) >= 11 is 0. The predicted molar refractivity (Wildman–Crippen MR) is 159 cm³/mol. The first-order valence-electron chi connectivity index (χ1n) is 14.1. The summed E-state index contributed by atoms with van der Waals surface area (Å²) in [6.45, 7) is 8.08. The van der Waals surface area contributed by atoms with Gasteiger partial charge < -0.3 is 30.1 Å². The summed E-state index contributed by atoms with van der Waals surface area (Å²) < 4.78 is 11.8. The Morgan fingerprint density at radius 2 is 1.88 bits per heavy atom. The first-order chi connectivity index (χ1) is 19.9. The number of hydrogen-bond acceptors (Lipinski definition) is 7. The normalized spacial score (nSPS) is 17.3. The van der Waals surface area contributed by atoms with Crippen molar-refractivity contribution in [2.75, 3.05) is 23.7 Å². The molecular weight excluding hydrogens is 536 g/mol. The Morgan fingerprint density at radius 3 is 2.57 bits per heavy atom. The Morgan fingerprint density at radius 1 is 1.17 bits per heavy atom. The molecule has 0 unspecified atom stereocenters. The molecular formula is C32H36N4O6. The van der Waals surface area contributed by atoms with Crippen LogP contribution in [0.3, 0.4) is 0 Å². The van der Waals surface area contributed by atoms with Gasteiger partial charge in [0.2, 0.25) is 5.88 Å².